The molecule has 1 unspecified atom stereocenters. The number of unbranched alkanes of at least 4 members (excludes halogenated alkanes) is 1. The molecule has 0 bridgehead atoms. The van der Waals surface area contributed by atoms with E-state index in [9.17, 15) is 5.11 Å². The van der Waals surface area contributed by atoms with Gasteiger partial charge >= 0.3 is 0 Å². The molecule has 0 amide bonds. The molecule has 3 heteroatoms. The van der Waals surface area contributed by atoms with Crippen LogP contribution in [0.5, 0.6) is 0 Å². The zero-order valence-electron chi connectivity index (χ0n) is 7.45. The lowest BCUT2D eigenvalue weighted by Gasteiger charge is -2.06. The highest BCUT2D eigenvalue weighted by molar-refractivity contribution is 4.88. The van der Waals surface area contributed by atoms with Crippen LogP contribution in [0.2, 0.25) is 0 Å². The Bertz CT molecular complexity index is 196. The summed E-state index contributed by atoms with van der Waals surface area (Å²) in [6.07, 6.45) is 6.99. The normalized spacial score (nSPS) is 13.2. The van der Waals surface area contributed by atoms with Crippen molar-refractivity contribution in [2.75, 3.05) is 0 Å². The van der Waals surface area contributed by atoms with Gasteiger partial charge in [0, 0.05) is 18.8 Å². The van der Waals surface area contributed by atoms with Crippen molar-refractivity contribution in [2.45, 2.75) is 38.7 Å². The molecule has 0 saturated carbocycles. The molecule has 0 aliphatic rings. The molecule has 0 radical (unpaired) electrons. The third-order valence-corrected chi connectivity index (χ3v) is 1.87. The van der Waals surface area contributed by atoms with Crippen molar-refractivity contribution < 1.29 is 5.11 Å². The van der Waals surface area contributed by atoms with Crippen molar-refractivity contribution in [1.82, 2.24) is 9.97 Å². The number of hydrogen-bond acceptors (Lipinski definition) is 2. The first-order valence-electron chi connectivity index (χ1n) is 4.49. The minimum atomic E-state index is -0.240. The van der Waals surface area contributed by atoms with E-state index >= 15 is 0 Å². The Morgan fingerprint density at radius 1 is 1.67 bits per heavy atom. The van der Waals surface area contributed by atoms with Crippen molar-refractivity contribution in [2.24, 2.45) is 0 Å². The molecule has 2 N–H and O–H groups in total. The van der Waals surface area contributed by atoms with E-state index < -0.39 is 0 Å². The average molecular weight is 168 g/mol. The lowest BCUT2D eigenvalue weighted by molar-refractivity contribution is 0.159. The van der Waals surface area contributed by atoms with Crippen molar-refractivity contribution in [3.05, 3.63) is 18.2 Å². The summed E-state index contributed by atoms with van der Waals surface area (Å²) in [7, 11) is 0. The molecule has 1 atom stereocenters. The molecule has 0 fully saturated rings. The maximum Gasteiger partial charge on any atom is 0.108 e. The molecule has 1 heterocycles. The highest BCUT2D eigenvalue weighted by Crippen LogP contribution is 2.04. The van der Waals surface area contributed by atoms with Gasteiger partial charge in [0.25, 0.3) is 0 Å². The van der Waals surface area contributed by atoms with Crippen LogP contribution in [0, 0.1) is 0 Å². The summed E-state index contributed by atoms with van der Waals surface area (Å²) in [5.74, 6) is 0.874. The monoisotopic (exact) mass is 168 g/mol. The third-order valence-electron chi connectivity index (χ3n) is 1.87. The molecule has 0 saturated heterocycles. The number of hydrogen-bond donors (Lipinski definition) is 2. The van der Waals surface area contributed by atoms with E-state index in [1.54, 1.807) is 12.4 Å². The third kappa shape index (κ3) is 3.05. The largest absolute Gasteiger partial charge is 0.393 e. The second kappa shape index (κ2) is 4.93. The van der Waals surface area contributed by atoms with Crippen LogP contribution in [-0.2, 0) is 6.42 Å². The van der Waals surface area contributed by atoms with E-state index in [1.807, 2.05) is 0 Å². The molecule has 1 aromatic rings. The van der Waals surface area contributed by atoms with E-state index in [1.165, 1.54) is 0 Å². The van der Waals surface area contributed by atoms with Gasteiger partial charge in [-0.05, 0) is 6.42 Å². The topological polar surface area (TPSA) is 48.9 Å². The van der Waals surface area contributed by atoms with E-state index in [-0.39, 0.29) is 6.10 Å². The fourth-order valence-electron chi connectivity index (χ4n) is 1.17. The van der Waals surface area contributed by atoms with Crippen LogP contribution in [0.3, 0.4) is 0 Å². The van der Waals surface area contributed by atoms with Gasteiger partial charge in [-0.15, -0.1) is 0 Å². The Balaban J connectivity index is 2.22. The van der Waals surface area contributed by atoms with Crippen LogP contribution in [-0.4, -0.2) is 21.2 Å². The van der Waals surface area contributed by atoms with Crippen molar-refractivity contribution in [3.8, 4) is 0 Å². The van der Waals surface area contributed by atoms with Crippen LogP contribution in [0.1, 0.15) is 32.0 Å². The fourth-order valence-corrected chi connectivity index (χ4v) is 1.17. The van der Waals surface area contributed by atoms with Gasteiger partial charge in [-0.1, -0.05) is 19.8 Å². The number of aliphatic hydroxyl groups excluding tert-OH is 1. The molecule has 1 aromatic heterocycles. The predicted octanol–water partition coefficient (Wildman–Crippen LogP) is 1.50. The number of nitrogens with one attached hydrogen (secondary N) is 1. The Morgan fingerprint density at radius 2 is 2.50 bits per heavy atom. The van der Waals surface area contributed by atoms with Crippen molar-refractivity contribution >= 4 is 0 Å². The van der Waals surface area contributed by atoms with Gasteiger partial charge < -0.3 is 10.1 Å². The van der Waals surface area contributed by atoms with Gasteiger partial charge in [-0.2, -0.15) is 0 Å². The highest BCUT2D eigenvalue weighted by Gasteiger charge is 2.05. The maximum atomic E-state index is 9.49. The molecule has 12 heavy (non-hydrogen) atoms. The van der Waals surface area contributed by atoms with Crippen LogP contribution in [0.25, 0.3) is 0 Å². The SMILES string of the molecule is CCCCC(O)Cc1ncc[nH]1. The summed E-state index contributed by atoms with van der Waals surface area (Å²) in [5.41, 5.74) is 0. The number of imidazole rings is 1. The van der Waals surface area contributed by atoms with Gasteiger partial charge in [0.1, 0.15) is 5.82 Å². The van der Waals surface area contributed by atoms with Crippen LogP contribution in [0.15, 0.2) is 12.4 Å². The number of nitrogens with zero attached hydrogens (tertiary/aromatic N) is 1. The fraction of sp³-hybridized carbons (Fsp3) is 0.667. The summed E-state index contributed by atoms with van der Waals surface area (Å²) in [4.78, 5) is 7.02. The van der Waals surface area contributed by atoms with E-state index in [0.29, 0.717) is 6.42 Å². The van der Waals surface area contributed by atoms with Gasteiger partial charge in [0.05, 0.1) is 6.10 Å². The smallest absolute Gasteiger partial charge is 0.108 e. The summed E-state index contributed by atoms with van der Waals surface area (Å²) >= 11 is 0. The number of rotatable bonds is 5. The quantitative estimate of drug-likeness (QED) is 0.700. The zero-order valence-corrected chi connectivity index (χ0v) is 7.45. The van der Waals surface area contributed by atoms with Gasteiger partial charge in [-0.3, -0.25) is 0 Å². The summed E-state index contributed by atoms with van der Waals surface area (Å²) in [5, 5.41) is 9.49. The Labute approximate surface area is 72.8 Å². The second-order valence-electron chi connectivity index (χ2n) is 3.04. The Hall–Kier alpha value is -0.830. The minimum absolute atomic E-state index is 0.240. The molecule has 0 spiro atoms. The van der Waals surface area contributed by atoms with Gasteiger partial charge in [0.15, 0.2) is 0 Å². The highest BCUT2D eigenvalue weighted by atomic mass is 16.3. The van der Waals surface area contributed by atoms with Crippen LogP contribution < -0.4 is 0 Å². The lowest BCUT2D eigenvalue weighted by Crippen LogP contribution is -2.11. The zero-order chi connectivity index (χ0) is 8.81. The molecule has 0 aromatic carbocycles. The molecule has 1 rings (SSSR count). The van der Waals surface area contributed by atoms with Crippen molar-refractivity contribution in [1.29, 1.82) is 0 Å². The first-order valence-corrected chi connectivity index (χ1v) is 4.49. The number of aliphatic hydroxyl groups is 1. The second-order valence-corrected chi connectivity index (χ2v) is 3.04. The molecular weight excluding hydrogens is 152 g/mol. The lowest BCUT2D eigenvalue weighted by atomic mass is 10.1. The number of H-pyrrole nitrogens is 1. The van der Waals surface area contributed by atoms with E-state index in [2.05, 4.69) is 16.9 Å². The Kier molecular flexibility index (Phi) is 3.80. The average Bonchev–Trinajstić information content (AvgIpc) is 2.53. The molecule has 3 nitrogen and oxygen atoms in total. The number of aromatic nitrogens is 2. The van der Waals surface area contributed by atoms with Crippen LogP contribution in [0.4, 0.5) is 0 Å². The van der Waals surface area contributed by atoms with Gasteiger partial charge in [-0.25, -0.2) is 4.98 Å². The van der Waals surface area contributed by atoms with Crippen LogP contribution >= 0.6 is 0 Å². The summed E-state index contributed by atoms with van der Waals surface area (Å²) in [6.45, 7) is 2.12. The Morgan fingerprint density at radius 3 is 3.08 bits per heavy atom. The molecule has 68 valence electrons. The standard InChI is InChI=1S/C9H16N2O/c1-2-3-4-8(12)7-9-10-5-6-11-9/h5-6,8,12H,2-4,7H2,1H3,(H,10,11). The predicted molar refractivity (Wildman–Crippen MR) is 47.8 cm³/mol. The van der Waals surface area contributed by atoms with E-state index in [4.69, 9.17) is 0 Å². The minimum Gasteiger partial charge on any atom is -0.393 e. The van der Waals surface area contributed by atoms with Gasteiger partial charge in [0.2, 0.25) is 0 Å². The molecule has 0 aliphatic carbocycles. The summed E-state index contributed by atoms with van der Waals surface area (Å²) in [6, 6.07) is 0. The maximum absolute atomic E-state index is 9.49. The first-order chi connectivity index (χ1) is 5.83. The first kappa shape index (κ1) is 9.26. The van der Waals surface area contributed by atoms with Crippen molar-refractivity contribution in [3.63, 3.8) is 0 Å². The molecule has 0 aliphatic heterocycles. The summed E-state index contributed by atoms with van der Waals surface area (Å²) < 4.78 is 0. The number of aromatic amines is 1. The van der Waals surface area contributed by atoms with E-state index in [0.717, 1.165) is 25.1 Å². The molecular formula is C9H16N2O.